The molecular weight excluding hydrogens is 316 g/mol. The van der Waals surface area contributed by atoms with E-state index < -0.39 is 0 Å². The van der Waals surface area contributed by atoms with Gasteiger partial charge >= 0.3 is 0 Å². The molecule has 2 amide bonds. The van der Waals surface area contributed by atoms with Crippen LogP contribution < -0.4 is 5.32 Å². The van der Waals surface area contributed by atoms with Crippen molar-refractivity contribution in [3.05, 3.63) is 29.9 Å². The molecule has 4 rings (SSSR count). The topological polar surface area (TPSA) is 67.2 Å². The fraction of sp³-hybridized carbons (Fsp3) is 0.632. The van der Waals surface area contributed by atoms with Gasteiger partial charge in [0.1, 0.15) is 0 Å². The van der Waals surface area contributed by atoms with Gasteiger partial charge in [0.2, 0.25) is 11.8 Å². The SMILES string of the molecule is C/C(=C/C(=O)N[C@@H]1CCC(=O)N(C2CC2)[C@H]1c1cncn1C)C1CC1. The summed E-state index contributed by atoms with van der Waals surface area (Å²) in [6.45, 7) is 2.04. The van der Waals surface area contributed by atoms with E-state index in [1.54, 1.807) is 12.4 Å². The third-order valence-corrected chi connectivity index (χ3v) is 5.64. The maximum atomic E-state index is 12.6. The molecule has 1 aromatic rings. The molecule has 6 heteroatoms. The molecule has 1 N–H and O–H groups in total. The lowest BCUT2D eigenvalue weighted by Crippen LogP contribution is -2.53. The van der Waals surface area contributed by atoms with Gasteiger partial charge in [-0.15, -0.1) is 0 Å². The van der Waals surface area contributed by atoms with Gasteiger partial charge in [0, 0.05) is 25.6 Å². The number of piperidine rings is 1. The Labute approximate surface area is 148 Å². The standard InChI is InChI=1S/C19H26N4O2/c1-12(13-3-4-13)9-17(24)21-15-7-8-18(25)23(14-5-6-14)19(15)16-10-20-11-22(16)2/h9-11,13-15,19H,3-8H2,1-2H3,(H,21,24)/b12-9-/t15-,19-/m1/s1. The van der Waals surface area contributed by atoms with E-state index in [-0.39, 0.29) is 23.9 Å². The second kappa shape index (κ2) is 6.32. The largest absolute Gasteiger partial charge is 0.347 e. The minimum absolute atomic E-state index is 0.0355. The molecule has 2 heterocycles. The number of hydrogen-bond donors (Lipinski definition) is 1. The van der Waals surface area contributed by atoms with Crippen molar-refractivity contribution in [2.75, 3.05) is 0 Å². The quantitative estimate of drug-likeness (QED) is 0.833. The summed E-state index contributed by atoms with van der Waals surface area (Å²) in [7, 11) is 1.95. The molecule has 134 valence electrons. The van der Waals surface area contributed by atoms with Gasteiger partial charge < -0.3 is 14.8 Å². The van der Waals surface area contributed by atoms with Crippen LogP contribution in [0.3, 0.4) is 0 Å². The van der Waals surface area contributed by atoms with E-state index in [2.05, 4.69) is 10.3 Å². The average molecular weight is 342 g/mol. The highest BCUT2D eigenvalue weighted by atomic mass is 16.2. The summed E-state index contributed by atoms with van der Waals surface area (Å²) in [4.78, 5) is 31.3. The van der Waals surface area contributed by atoms with Gasteiger partial charge in [-0.1, -0.05) is 5.57 Å². The molecule has 0 aromatic carbocycles. The summed E-state index contributed by atoms with van der Waals surface area (Å²) in [5.41, 5.74) is 2.16. The van der Waals surface area contributed by atoms with Gasteiger partial charge in [0.15, 0.2) is 0 Å². The Kier molecular flexibility index (Phi) is 4.13. The van der Waals surface area contributed by atoms with Crippen LogP contribution in [0.5, 0.6) is 0 Å². The van der Waals surface area contributed by atoms with Crippen molar-refractivity contribution in [2.24, 2.45) is 13.0 Å². The Morgan fingerprint density at radius 1 is 1.28 bits per heavy atom. The number of imidazole rings is 1. The number of carbonyl (C=O) groups is 2. The zero-order valence-electron chi connectivity index (χ0n) is 14.9. The van der Waals surface area contributed by atoms with Crippen LogP contribution in [0.25, 0.3) is 0 Å². The monoisotopic (exact) mass is 342 g/mol. The smallest absolute Gasteiger partial charge is 0.244 e. The van der Waals surface area contributed by atoms with Crippen molar-refractivity contribution in [2.45, 2.75) is 63.6 Å². The van der Waals surface area contributed by atoms with Crippen LogP contribution in [0.15, 0.2) is 24.2 Å². The summed E-state index contributed by atoms with van der Waals surface area (Å²) < 4.78 is 1.96. The van der Waals surface area contributed by atoms with E-state index >= 15 is 0 Å². The Bertz CT molecular complexity index is 715. The molecule has 0 radical (unpaired) electrons. The number of rotatable bonds is 5. The Hall–Kier alpha value is -2.11. The van der Waals surface area contributed by atoms with E-state index in [4.69, 9.17) is 0 Å². The second-order valence-electron chi connectivity index (χ2n) is 7.72. The highest BCUT2D eigenvalue weighted by molar-refractivity contribution is 5.89. The second-order valence-corrected chi connectivity index (χ2v) is 7.72. The summed E-state index contributed by atoms with van der Waals surface area (Å²) in [6, 6.07) is 0.125. The molecule has 1 aromatic heterocycles. The molecule has 0 bridgehead atoms. The van der Waals surface area contributed by atoms with Gasteiger partial charge in [-0.25, -0.2) is 4.98 Å². The molecule has 2 atom stereocenters. The first-order chi connectivity index (χ1) is 12.0. The lowest BCUT2D eigenvalue weighted by molar-refractivity contribution is -0.140. The molecule has 2 aliphatic carbocycles. The van der Waals surface area contributed by atoms with Gasteiger partial charge in [0.05, 0.1) is 30.3 Å². The van der Waals surface area contributed by atoms with Crippen molar-refractivity contribution >= 4 is 11.8 Å². The van der Waals surface area contributed by atoms with Crippen LogP contribution in [-0.2, 0) is 16.6 Å². The molecular formula is C19H26N4O2. The van der Waals surface area contributed by atoms with E-state index in [0.717, 1.165) is 18.5 Å². The van der Waals surface area contributed by atoms with Crippen molar-refractivity contribution < 1.29 is 9.59 Å². The molecule has 3 fully saturated rings. The summed E-state index contributed by atoms with van der Waals surface area (Å²) in [5.74, 6) is 0.755. The average Bonchev–Trinajstić information content (AvgIpc) is 3.47. The van der Waals surface area contributed by atoms with Gasteiger partial charge in [-0.05, 0) is 44.9 Å². The lowest BCUT2D eigenvalue weighted by atomic mass is 9.92. The number of aromatic nitrogens is 2. The van der Waals surface area contributed by atoms with Crippen LogP contribution in [0.4, 0.5) is 0 Å². The number of carbonyl (C=O) groups excluding carboxylic acids is 2. The van der Waals surface area contributed by atoms with Gasteiger partial charge in [0.25, 0.3) is 0 Å². The van der Waals surface area contributed by atoms with Gasteiger partial charge in [-0.3, -0.25) is 9.59 Å². The number of amides is 2. The first kappa shape index (κ1) is 16.4. The van der Waals surface area contributed by atoms with Crippen LogP contribution in [0, 0.1) is 5.92 Å². The van der Waals surface area contributed by atoms with Gasteiger partial charge in [-0.2, -0.15) is 0 Å². The zero-order valence-corrected chi connectivity index (χ0v) is 14.9. The normalized spacial score (nSPS) is 27.5. The van der Waals surface area contributed by atoms with Crippen molar-refractivity contribution in [1.82, 2.24) is 19.8 Å². The third kappa shape index (κ3) is 3.34. The predicted octanol–water partition coefficient (Wildman–Crippen LogP) is 2.09. The highest BCUT2D eigenvalue weighted by Gasteiger charge is 2.45. The number of likely N-dealkylation sites (tertiary alicyclic amines) is 1. The van der Waals surface area contributed by atoms with E-state index in [0.29, 0.717) is 24.8 Å². The lowest BCUT2D eigenvalue weighted by Gasteiger charge is -2.41. The van der Waals surface area contributed by atoms with Crippen LogP contribution >= 0.6 is 0 Å². The first-order valence-corrected chi connectivity index (χ1v) is 9.30. The molecule has 1 saturated heterocycles. The van der Waals surface area contributed by atoms with E-state index in [1.807, 2.05) is 29.6 Å². The first-order valence-electron chi connectivity index (χ1n) is 9.30. The molecule has 25 heavy (non-hydrogen) atoms. The number of hydrogen-bond acceptors (Lipinski definition) is 3. The fourth-order valence-electron chi connectivity index (χ4n) is 3.94. The van der Waals surface area contributed by atoms with Crippen molar-refractivity contribution in [1.29, 1.82) is 0 Å². The van der Waals surface area contributed by atoms with E-state index in [1.165, 1.54) is 18.4 Å². The van der Waals surface area contributed by atoms with Crippen LogP contribution in [0.1, 0.15) is 57.2 Å². The molecule has 1 aliphatic heterocycles. The number of nitrogens with zero attached hydrogens (tertiary/aromatic N) is 3. The summed E-state index contributed by atoms with van der Waals surface area (Å²) in [5, 5.41) is 3.18. The minimum Gasteiger partial charge on any atom is -0.347 e. The molecule has 0 unspecified atom stereocenters. The summed E-state index contributed by atoms with van der Waals surface area (Å²) in [6.07, 6.45) is 11.0. The Morgan fingerprint density at radius 3 is 2.64 bits per heavy atom. The fourth-order valence-corrected chi connectivity index (χ4v) is 3.94. The molecule has 3 aliphatic rings. The molecule has 2 saturated carbocycles. The number of aryl methyl sites for hydroxylation is 1. The van der Waals surface area contributed by atoms with Crippen LogP contribution in [0.2, 0.25) is 0 Å². The Morgan fingerprint density at radius 2 is 2.04 bits per heavy atom. The Balaban J connectivity index is 1.58. The maximum absolute atomic E-state index is 12.6. The zero-order chi connectivity index (χ0) is 17.6. The summed E-state index contributed by atoms with van der Waals surface area (Å²) >= 11 is 0. The predicted molar refractivity (Wildman–Crippen MR) is 93.5 cm³/mol. The molecule has 6 nitrogen and oxygen atoms in total. The van der Waals surface area contributed by atoms with Crippen molar-refractivity contribution in [3.8, 4) is 0 Å². The highest BCUT2D eigenvalue weighted by Crippen LogP contribution is 2.40. The molecule has 0 spiro atoms. The van der Waals surface area contributed by atoms with E-state index in [9.17, 15) is 9.59 Å². The van der Waals surface area contributed by atoms with Crippen LogP contribution in [-0.4, -0.2) is 38.3 Å². The van der Waals surface area contributed by atoms with Crippen molar-refractivity contribution in [3.63, 3.8) is 0 Å². The number of nitrogens with one attached hydrogen (secondary N) is 1. The third-order valence-electron chi connectivity index (χ3n) is 5.64. The maximum Gasteiger partial charge on any atom is 0.244 e. The number of allylic oxidation sites excluding steroid dienone is 1. The minimum atomic E-state index is -0.125.